The van der Waals surface area contributed by atoms with Gasteiger partial charge < -0.3 is 14.2 Å². The van der Waals surface area contributed by atoms with E-state index in [9.17, 15) is 18.0 Å². The number of nitrogens with zero attached hydrogens (tertiary/aromatic N) is 2. The molecule has 1 aromatic carbocycles. The number of fused-ring (bicyclic) bond motifs is 1. The van der Waals surface area contributed by atoms with Gasteiger partial charge in [-0.3, -0.25) is 4.79 Å². The summed E-state index contributed by atoms with van der Waals surface area (Å²) in [5.41, 5.74) is 0.798. The van der Waals surface area contributed by atoms with Gasteiger partial charge in [-0.2, -0.15) is 13.2 Å². The molecule has 1 heterocycles. The lowest BCUT2D eigenvalue weighted by molar-refractivity contribution is -0.154. The van der Waals surface area contributed by atoms with Crippen LogP contribution >= 0.6 is 0 Å². The molecule has 0 unspecified atom stereocenters. The van der Waals surface area contributed by atoms with Crippen molar-refractivity contribution in [2.75, 3.05) is 20.2 Å². The minimum Gasteiger partial charge on any atom is -0.493 e. The summed E-state index contributed by atoms with van der Waals surface area (Å²) in [5, 5.41) is 3.56. The molecule has 0 aliphatic heterocycles. The van der Waals surface area contributed by atoms with Crippen molar-refractivity contribution >= 4 is 16.8 Å². The Kier molecular flexibility index (Phi) is 5.92. The van der Waals surface area contributed by atoms with Crippen LogP contribution in [0.4, 0.5) is 13.2 Å². The molecule has 2 rings (SSSR count). The molecule has 138 valence electrons. The molecule has 0 aliphatic rings. The maximum Gasteiger partial charge on any atom is 0.453 e. The molecule has 1 aromatic heterocycles. The van der Waals surface area contributed by atoms with Crippen LogP contribution < -0.4 is 4.74 Å². The van der Waals surface area contributed by atoms with Gasteiger partial charge in [-0.05, 0) is 25.0 Å². The van der Waals surface area contributed by atoms with Crippen molar-refractivity contribution in [3.63, 3.8) is 0 Å². The molecule has 0 radical (unpaired) electrons. The average molecular weight is 358 g/mol. The van der Waals surface area contributed by atoms with Crippen LogP contribution in [0.1, 0.15) is 38.0 Å². The predicted molar refractivity (Wildman–Crippen MR) is 86.4 cm³/mol. The molecule has 0 saturated heterocycles. The molecule has 5 nitrogen and oxygen atoms in total. The first-order valence-corrected chi connectivity index (χ1v) is 8.08. The highest BCUT2D eigenvalue weighted by Gasteiger charge is 2.38. The zero-order valence-electron chi connectivity index (χ0n) is 14.4. The van der Waals surface area contributed by atoms with Crippen LogP contribution in [-0.2, 0) is 17.4 Å². The van der Waals surface area contributed by atoms with E-state index in [2.05, 4.69) is 9.68 Å². The third-order valence-electron chi connectivity index (χ3n) is 3.90. The Morgan fingerprint density at radius 2 is 2.08 bits per heavy atom. The number of alkyl halides is 3. The maximum atomic E-state index is 13.0. The van der Waals surface area contributed by atoms with E-state index in [1.165, 1.54) is 19.1 Å². The number of rotatable bonds is 7. The summed E-state index contributed by atoms with van der Waals surface area (Å²) in [6.45, 7) is 4.30. The highest BCUT2D eigenvalue weighted by Crippen LogP contribution is 2.38. The van der Waals surface area contributed by atoms with Gasteiger partial charge in [0.15, 0.2) is 0 Å². The van der Waals surface area contributed by atoms with E-state index in [-0.39, 0.29) is 16.8 Å². The summed E-state index contributed by atoms with van der Waals surface area (Å²) < 4.78 is 49.1. The van der Waals surface area contributed by atoms with Gasteiger partial charge in [0, 0.05) is 26.1 Å². The fourth-order valence-electron chi connectivity index (χ4n) is 2.52. The molecule has 0 fully saturated rings. The number of carbonyl (C=O) groups is 1. The van der Waals surface area contributed by atoms with Gasteiger partial charge in [-0.25, -0.2) is 0 Å². The molecule has 0 spiro atoms. The molecule has 0 saturated carbocycles. The Morgan fingerprint density at radius 3 is 2.68 bits per heavy atom. The van der Waals surface area contributed by atoms with Crippen molar-refractivity contribution in [1.82, 2.24) is 10.1 Å². The Balaban J connectivity index is 2.19. The molecule has 0 aliphatic carbocycles. The Hall–Kier alpha value is -2.25. The highest BCUT2D eigenvalue weighted by atomic mass is 19.4. The van der Waals surface area contributed by atoms with E-state index in [1.54, 1.807) is 11.9 Å². The van der Waals surface area contributed by atoms with Gasteiger partial charge in [0.2, 0.25) is 11.7 Å². The van der Waals surface area contributed by atoms with Crippen LogP contribution in [0.5, 0.6) is 5.75 Å². The van der Waals surface area contributed by atoms with Crippen molar-refractivity contribution in [1.29, 1.82) is 0 Å². The number of amides is 1. The second-order valence-electron chi connectivity index (χ2n) is 5.84. The fraction of sp³-hybridized carbons (Fsp3) is 0.529. The van der Waals surface area contributed by atoms with Crippen molar-refractivity contribution in [3.8, 4) is 5.75 Å². The van der Waals surface area contributed by atoms with E-state index in [0.29, 0.717) is 37.3 Å². The van der Waals surface area contributed by atoms with Crippen LogP contribution in [-0.4, -0.2) is 36.2 Å². The SMILES string of the molecule is CCCc1c(OCCCN(C)C(C)=O)ccc2c(C(F)(F)F)onc12. The lowest BCUT2D eigenvalue weighted by atomic mass is 10.0. The van der Waals surface area contributed by atoms with Crippen LogP contribution in [0.15, 0.2) is 16.7 Å². The third-order valence-corrected chi connectivity index (χ3v) is 3.90. The van der Waals surface area contributed by atoms with Gasteiger partial charge in [0.05, 0.1) is 12.0 Å². The third kappa shape index (κ3) is 4.43. The number of halogens is 3. The summed E-state index contributed by atoms with van der Waals surface area (Å²) in [7, 11) is 1.70. The molecule has 0 atom stereocenters. The second-order valence-corrected chi connectivity index (χ2v) is 5.84. The number of aryl methyl sites for hydroxylation is 1. The molecule has 1 amide bonds. The predicted octanol–water partition coefficient (Wildman–Crippen LogP) is 4.05. The minimum atomic E-state index is -4.59. The number of ether oxygens (including phenoxy) is 1. The Morgan fingerprint density at radius 1 is 1.36 bits per heavy atom. The molecular weight excluding hydrogens is 337 g/mol. The van der Waals surface area contributed by atoms with Crippen LogP contribution in [0.2, 0.25) is 0 Å². The van der Waals surface area contributed by atoms with Crippen LogP contribution in [0.25, 0.3) is 10.9 Å². The highest BCUT2D eigenvalue weighted by molar-refractivity contribution is 5.86. The lowest BCUT2D eigenvalue weighted by Crippen LogP contribution is -2.25. The number of aromatic nitrogens is 1. The van der Waals surface area contributed by atoms with E-state index in [4.69, 9.17) is 4.74 Å². The topological polar surface area (TPSA) is 55.6 Å². The maximum absolute atomic E-state index is 13.0. The second kappa shape index (κ2) is 7.76. The zero-order chi connectivity index (χ0) is 18.6. The first-order chi connectivity index (χ1) is 11.8. The largest absolute Gasteiger partial charge is 0.493 e. The number of benzene rings is 1. The van der Waals surface area contributed by atoms with Crippen molar-refractivity contribution < 1.29 is 27.2 Å². The first-order valence-electron chi connectivity index (χ1n) is 8.08. The van der Waals surface area contributed by atoms with E-state index in [1.807, 2.05) is 6.92 Å². The van der Waals surface area contributed by atoms with Gasteiger partial charge in [-0.1, -0.05) is 18.5 Å². The number of hydrogen-bond acceptors (Lipinski definition) is 4. The molecule has 2 aromatic rings. The minimum absolute atomic E-state index is 0.0321. The molecule has 8 heteroatoms. The fourth-order valence-corrected chi connectivity index (χ4v) is 2.52. The van der Waals surface area contributed by atoms with Gasteiger partial charge in [0.25, 0.3) is 0 Å². The van der Waals surface area contributed by atoms with Crippen LogP contribution in [0, 0.1) is 0 Å². The van der Waals surface area contributed by atoms with E-state index >= 15 is 0 Å². The molecule has 0 N–H and O–H groups in total. The van der Waals surface area contributed by atoms with Crippen molar-refractivity contribution in [3.05, 3.63) is 23.5 Å². The number of carbonyl (C=O) groups excluding carboxylic acids is 1. The quantitative estimate of drug-likeness (QED) is 0.701. The van der Waals surface area contributed by atoms with Gasteiger partial charge in [-0.15, -0.1) is 0 Å². The lowest BCUT2D eigenvalue weighted by Gasteiger charge is -2.16. The smallest absolute Gasteiger partial charge is 0.453 e. The summed E-state index contributed by atoms with van der Waals surface area (Å²) in [5.74, 6) is -0.619. The van der Waals surface area contributed by atoms with E-state index in [0.717, 1.165) is 6.42 Å². The van der Waals surface area contributed by atoms with Gasteiger partial charge in [0.1, 0.15) is 11.3 Å². The molecule has 25 heavy (non-hydrogen) atoms. The first kappa shape index (κ1) is 19.1. The molecule has 0 bridgehead atoms. The van der Waals surface area contributed by atoms with E-state index < -0.39 is 11.9 Å². The summed E-state index contributed by atoms with van der Waals surface area (Å²) >= 11 is 0. The Labute approximate surface area is 143 Å². The monoisotopic (exact) mass is 358 g/mol. The Bertz CT molecular complexity index is 741. The van der Waals surface area contributed by atoms with Gasteiger partial charge >= 0.3 is 6.18 Å². The standard InChI is InChI=1S/C17H21F3N2O3/c1-4-6-12-14(24-10-5-9-22(3)11(2)23)8-7-13-15(12)21-25-16(13)17(18,19)20/h7-8H,4-6,9-10H2,1-3H3. The summed E-state index contributed by atoms with van der Waals surface area (Å²) in [6.07, 6.45) is -2.70. The summed E-state index contributed by atoms with van der Waals surface area (Å²) in [4.78, 5) is 12.7. The number of hydrogen-bond donors (Lipinski definition) is 0. The normalized spacial score (nSPS) is 11.8. The zero-order valence-corrected chi connectivity index (χ0v) is 14.4. The molecular formula is C17H21F3N2O3. The summed E-state index contributed by atoms with van der Waals surface area (Å²) in [6, 6.07) is 2.85. The van der Waals surface area contributed by atoms with Crippen molar-refractivity contribution in [2.24, 2.45) is 0 Å². The average Bonchev–Trinajstić information content (AvgIpc) is 2.97. The van der Waals surface area contributed by atoms with Crippen LogP contribution in [0.3, 0.4) is 0 Å². The van der Waals surface area contributed by atoms with Crippen molar-refractivity contribution in [2.45, 2.75) is 39.3 Å².